The van der Waals surface area contributed by atoms with Crippen molar-refractivity contribution in [1.29, 1.82) is 0 Å². The smallest absolute Gasteiger partial charge is 0.251 e. The number of benzene rings is 3. The zero-order valence-electron chi connectivity index (χ0n) is 23.5. The third-order valence-corrected chi connectivity index (χ3v) is 6.75. The van der Waals surface area contributed by atoms with Gasteiger partial charge in [0.05, 0.1) is 59.4 Å². The number of methoxy groups -OCH3 is 5. The highest BCUT2D eigenvalue weighted by Crippen LogP contribution is 2.41. The van der Waals surface area contributed by atoms with Crippen molar-refractivity contribution in [1.82, 2.24) is 14.9 Å². The van der Waals surface area contributed by atoms with Gasteiger partial charge in [0.1, 0.15) is 11.6 Å². The number of rotatable bonds is 11. The van der Waals surface area contributed by atoms with Gasteiger partial charge in [0.2, 0.25) is 5.75 Å². The van der Waals surface area contributed by atoms with Crippen LogP contribution in [0.5, 0.6) is 28.7 Å². The van der Waals surface area contributed by atoms with E-state index in [4.69, 9.17) is 33.1 Å². The van der Waals surface area contributed by atoms with Crippen LogP contribution in [0.15, 0.2) is 71.3 Å². The molecule has 5 rings (SSSR count). The molecule has 0 spiro atoms. The molecule has 5 aromatic rings. The average Bonchev–Trinajstić information content (AvgIpc) is 3.66. The Hall–Kier alpha value is -5.12. The minimum Gasteiger partial charge on any atom is -0.493 e. The standard InChI is InChI=1S/C31H31N3O7/c1-36-25-10-6-8-20(28(25)39-4)17-32-31(35)19-11-12-24-23(14-19)33-30(34(24)18-22-9-7-13-41-22)21-15-26(37-2)29(40-5)27(16-21)38-3/h6-16H,17-18H2,1-5H3,(H,32,35). The maximum absolute atomic E-state index is 13.2. The molecule has 1 N–H and O–H groups in total. The molecular weight excluding hydrogens is 526 g/mol. The fraction of sp³-hybridized carbons (Fsp3) is 0.226. The molecule has 0 atom stereocenters. The molecule has 0 unspecified atom stereocenters. The van der Waals surface area contributed by atoms with Crippen molar-refractivity contribution in [3.05, 3.63) is 83.8 Å². The van der Waals surface area contributed by atoms with Crippen LogP contribution < -0.4 is 29.0 Å². The Balaban J connectivity index is 1.52. The fourth-order valence-corrected chi connectivity index (χ4v) is 4.79. The largest absolute Gasteiger partial charge is 0.493 e. The predicted octanol–water partition coefficient (Wildman–Crippen LogP) is 5.32. The zero-order chi connectivity index (χ0) is 28.9. The lowest BCUT2D eigenvalue weighted by molar-refractivity contribution is 0.0950. The molecular formula is C31H31N3O7. The highest BCUT2D eigenvalue weighted by molar-refractivity contribution is 5.98. The van der Waals surface area contributed by atoms with Crippen LogP contribution in [-0.4, -0.2) is 51.0 Å². The van der Waals surface area contributed by atoms with E-state index < -0.39 is 0 Å². The van der Waals surface area contributed by atoms with E-state index in [9.17, 15) is 4.79 Å². The highest BCUT2D eigenvalue weighted by atomic mass is 16.5. The van der Waals surface area contributed by atoms with E-state index in [1.165, 1.54) is 0 Å². The van der Waals surface area contributed by atoms with Crippen LogP contribution in [0.2, 0.25) is 0 Å². The van der Waals surface area contributed by atoms with Gasteiger partial charge in [-0.2, -0.15) is 0 Å². The van der Waals surface area contributed by atoms with Gasteiger partial charge in [-0.15, -0.1) is 0 Å². The normalized spacial score (nSPS) is 10.9. The van der Waals surface area contributed by atoms with Gasteiger partial charge >= 0.3 is 0 Å². The first kappa shape index (κ1) is 27.4. The summed E-state index contributed by atoms with van der Waals surface area (Å²) < 4.78 is 35.2. The maximum Gasteiger partial charge on any atom is 0.251 e. The lowest BCUT2D eigenvalue weighted by Gasteiger charge is -2.15. The summed E-state index contributed by atoms with van der Waals surface area (Å²) in [5.74, 6) is 3.84. The first-order valence-electron chi connectivity index (χ1n) is 12.8. The van der Waals surface area contributed by atoms with Crippen molar-refractivity contribution in [3.63, 3.8) is 0 Å². The van der Waals surface area contributed by atoms with Crippen LogP contribution in [0.25, 0.3) is 22.4 Å². The molecule has 0 bridgehead atoms. The number of imidazole rings is 1. The monoisotopic (exact) mass is 557 g/mol. The molecule has 10 nitrogen and oxygen atoms in total. The lowest BCUT2D eigenvalue weighted by Crippen LogP contribution is -2.23. The number of aromatic nitrogens is 2. The Bertz CT molecular complexity index is 1650. The van der Waals surface area contributed by atoms with Crippen LogP contribution in [0.1, 0.15) is 21.7 Å². The van der Waals surface area contributed by atoms with E-state index in [0.717, 1.165) is 22.4 Å². The minimum atomic E-state index is -0.244. The number of furan rings is 1. The summed E-state index contributed by atoms with van der Waals surface area (Å²) in [5.41, 5.74) is 3.49. The van der Waals surface area contributed by atoms with Crippen LogP contribution in [-0.2, 0) is 13.1 Å². The number of nitrogens with zero attached hydrogens (tertiary/aromatic N) is 2. The van der Waals surface area contributed by atoms with Gasteiger partial charge < -0.3 is 38.0 Å². The van der Waals surface area contributed by atoms with Gasteiger partial charge in [0, 0.05) is 23.2 Å². The van der Waals surface area contributed by atoms with E-state index in [2.05, 4.69) is 5.32 Å². The molecule has 0 radical (unpaired) electrons. The van der Waals surface area contributed by atoms with Crippen molar-refractivity contribution in [2.45, 2.75) is 13.1 Å². The quantitative estimate of drug-likeness (QED) is 0.233. The number of fused-ring (bicyclic) bond motifs is 1. The van der Waals surface area contributed by atoms with Crippen molar-refractivity contribution < 1.29 is 32.9 Å². The van der Waals surface area contributed by atoms with Crippen LogP contribution in [0.4, 0.5) is 0 Å². The molecule has 2 aromatic heterocycles. The van der Waals surface area contributed by atoms with Crippen LogP contribution in [0.3, 0.4) is 0 Å². The van der Waals surface area contributed by atoms with Crippen molar-refractivity contribution in [3.8, 4) is 40.1 Å². The lowest BCUT2D eigenvalue weighted by atomic mass is 10.1. The van der Waals surface area contributed by atoms with Gasteiger partial charge in [-0.25, -0.2) is 4.98 Å². The molecule has 0 aliphatic carbocycles. The summed E-state index contributed by atoms with van der Waals surface area (Å²) in [4.78, 5) is 18.1. The Kier molecular flexibility index (Phi) is 8.00. The molecule has 1 amide bonds. The molecule has 0 aliphatic heterocycles. The molecule has 41 heavy (non-hydrogen) atoms. The third-order valence-electron chi connectivity index (χ3n) is 6.75. The van der Waals surface area contributed by atoms with Gasteiger partial charge in [-0.1, -0.05) is 12.1 Å². The number of para-hydroxylation sites is 1. The van der Waals surface area contributed by atoms with E-state index in [0.29, 0.717) is 52.2 Å². The number of nitrogens with one attached hydrogen (secondary N) is 1. The van der Waals surface area contributed by atoms with Gasteiger partial charge in [0.15, 0.2) is 23.0 Å². The first-order chi connectivity index (χ1) is 20.0. The predicted molar refractivity (Wildman–Crippen MR) is 153 cm³/mol. The Morgan fingerprint density at radius 2 is 1.56 bits per heavy atom. The Morgan fingerprint density at radius 3 is 2.20 bits per heavy atom. The van der Waals surface area contributed by atoms with Crippen molar-refractivity contribution in [2.24, 2.45) is 0 Å². The molecule has 0 saturated carbocycles. The van der Waals surface area contributed by atoms with E-state index in [1.807, 2.05) is 53.1 Å². The second-order valence-corrected chi connectivity index (χ2v) is 9.05. The summed E-state index contributed by atoms with van der Waals surface area (Å²) in [6.07, 6.45) is 1.63. The van der Waals surface area contributed by atoms with E-state index in [1.54, 1.807) is 53.9 Å². The molecule has 2 heterocycles. The second-order valence-electron chi connectivity index (χ2n) is 9.05. The van der Waals surface area contributed by atoms with Gasteiger partial charge in [0.25, 0.3) is 5.91 Å². The highest BCUT2D eigenvalue weighted by Gasteiger charge is 2.21. The molecule has 0 aliphatic rings. The SMILES string of the molecule is COc1cccc(CNC(=O)c2ccc3c(c2)nc(-c2cc(OC)c(OC)c(OC)c2)n3Cc2ccco2)c1OC. The molecule has 0 saturated heterocycles. The second kappa shape index (κ2) is 12.0. The van der Waals surface area contributed by atoms with E-state index in [-0.39, 0.29) is 12.5 Å². The summed E-state index contributed by atoms with van der Waals surface area (Å²) >= 11 is 0. The number of amides is 1. The summed E-state index contributed by atoms with van der Waals surface area (Å²) in [6, 6.07) is 18.4. The fourth-order valence-electron chi connectivity index (χ4n) is 4.79. The Morgan fingerprint density at radius 1 is 0.829 bits per heavy atom. The van der Waals surface area contributed by atoms with Gasteiger partial charge in [-0.3, -0.25) is 4.79 Å². The van der Waals surface area contributed by atoms with Crippen molar-refractivity contribution in [2.75, 3.05) is 35.5 Å². The average molecular weight is 558 g/mol. The summed E-state index contributed by atoms with van der Waals surface area (Å²) in [7, 11) is 7.84. The molecule has 0 fully saturated rings. The molecule has 212 valence electrons. The van der Waals surface area contributed by atoms with Crippen molar-refractivity contribution >= 4 is 16.9 Å². The third kappa shape index (κ3) is 5.36. The van der Waals surface area contributed by atoms with Crippen LogP contribution in [0, 0.1) is 0 Å². The first-order valence-corrected chi connectivity index (χ1v) is 12.8. The Labute approximate surface area is 237 Å². The summed E-state index contributed by atoms with van der Waals surface area (Å²) in [6.45, 7) is 0.692. The van der Waals surface area contributed by atoms with E-state index >= 15 is 0 Å². The topological polar surface area (TPSA) is 106 Å². The summed E-state index contributed by atoms with van der Waals surface area (Å²) in [5, 5.41) is 2.97. The maximum atomic E-state index is 13.2. The van der Waals surface area contributed by atoms with Gasteiger partial charge in [-0.05, 0) is 48.5 Å². The number of hydrogen-bond acceptors (Lipinski definition) is 8. The van der Waals surface area contributed by atoms with Crippen LogP contribution >= 0.6 is 0 Å². The molecule has 3 aromatic carbocycles. The number of carbonyl (C=O) groups is 1. The zero-order valence-corrected chi connectivity index (χ0v) is 23.5. The number of carbonyl (C=O) groups excluding carboxylic acids is 1. The number of ether oxygens (including phenoxy) is 5. The number of hydrogen-bond donors (Lipinski definition) is 1. The molecule has 10 heteroatoms. The minimum absolute atomic E-state index is 0.244.